The fourth-order valence-corrected chi connectivity index (χ4v) is 2.73. The number of nitrogens with one attached hydrogen (secondary N) is 1. The summed E-state index contributed by atoms with van der Waals surface area (Å²) >= 11 is 1.53. The van der Waals surface area contributed by atoms with Gasteiger partial charge in [0.1, 0.15) is 6.04 Å². The molecule has 0 saturated heterocycles. The molecule has 4 nitrogen and oxygen atoms in total. The monoisotopic (exact) mass is 269 g/mol. The predicted octanol–water partition coefficient (Wildman–Crippen LogP) is 2.37. The minimum atomic E-state index is -0.708. The molecule has 2 heterocycles. The highest BCUT2D eigenvalue weighted by atomic mass is 32.1. The lowest BCUT2D eigenvalue weighted by atomic mass is 10.0. The number of thiophene rings is 1. The van der Waals surface area contributed by atoms with Crippen LogP contribution in [0.3, 0.4) is 0 Å². The van der Waals surface area contributed by atoms with Gasteiger partial charge in [-0.3, -0.25) is 9.78 Å². The molecule has 0 saturated carbocycles. The summed E-state index contributed by atoms with van der Waals surface area (Å²) < 4.78 is 0.959. The third kappa shape index (κ3) is 2.57. The zero-order chi connectivity index (χ0) is 13.8. The first-order valence-electron chi connectivity index (χ1n) is 5.62. The van der Waals surface area contributed by atoms with Gasteiger partial charge in [-0.1, -0.05) is 5.92 Å². The van der Waals surface area contributed by atoms with E-state index in [0.717, 1.165) is 15.6 Å². The molecule has 2 aromatic rings. The van der Waals surface area contributed by atoms with E-state index in [-0.39, 0.29) is 5.91 Å². The average molecular weight is 269 g/mol. The summed E-state index contributed by atoms with van der Waals surface area (Å²) in [6.45, 7) is 3.15. The topological polar surface area (TPSA) is 65.8 Å². The molecule has 1 unspecified atom stereocenters. The molecule has 0 fully saturated rings. The molecule has 0 aliphatic carbocycles. The van der Waals surface area contributed by atoms with Crippen molar-refractivity contribution in [1.29, 1.82) is 5.26 Å². The number of nitrogens with zero attached hydrogens (tertiary/aromatic N) is 2. The van der Waals surface area contributed by atoms with Crippen LogP contribution < -0.4 is 5.32 Å². The standard InChI is InChI=1S/C14H11N3OS/c1-3-4-10-8-19-13-7-16-6-11(14(10)13)12(5-15)17-9(2)18/h6-8,12H,1-2H3,(H,17,18). The van der Waals surface area contributed by atoms with E-state index >= 15 is 0 Å². The highest BCUT2D eigenvalue weighted by Crippen LogP contribution is 2.30. The Labute approximate surface area is 115 Å². The van der Waals surface area contributed by atoms with Crippen LogP contribution in [0, 0.1) is 23.2 Å². The molecule has 0 aromatic carbocycles. The van der Waals surface area contributed by atoms with Gasteiger partial charge in [-0.25, -0.2) is 0 Å². The van der Waals surface area contributed by atoms with Crippen LogP contribution in [0.5, 0.6) is 0 Å². The average Bonchev–Trinajstić information content (AvgIpc) is 2.80. The maximum absolute atomic E-state index is 11.2. The normalized spacial score (nSPS) is 11.2. The number of aromatic nitrogens is 1. The zero-order valence-corrected chi connectivity index (χ0v) is 11.3. The molecule has 1 amide bonds. The summed E-state index contributed by atoms with van der Waals surface area (Å²) in [5, 5.41) is 14.7. The molecule has 0 bridgehead atoms. The van der Waals surface area contributed by atoms with Crippen molar-refractivity contribution in [3.8, 4) is 17.9 Å². The number of nitriles is 1. The van der Waals surface area contributed by atoms with Gasteiger partial charge in [-0.15, -0.1) is 17.3 Å². The van der Waals surface area contributed by atoms with E-state index in [1.165, 1.54) is 18.3 Å². The summed E-state index contributed by atoms with van der Waals surface area (Å²) in [6, 6.07) is 1.38. The van der Waals surface area contributed by atoms with Crippen LogP contribution in [-0.4, -0.2) is 10.9 Å². The molecule has 1 N–H and O–H groups in total. The lowest BCUT2D eigenvalue weighted by Gasteiger charge is -2.11. The van der Waals surface area contributed by atoms with E-state index < -0.39 is 6.04 Å². The van der Waals surface area contributed by atoms with E-state index in [4.69, 9.17) is 0 Å². The fraction of sp³-hybridized carbons (Fsp3) is 0.214. The number of fused-ring (bicyclic) bond motifs is 1. The minimum absolute atomic E-state index is 0.248. The Morgan fingerprint density at radius 2 is 2.32 bits per heavy atom. The Hall–Kier alpha value is -2.37. The number of hydrogen-bond acceptors (Lipinski definition) is 4. The molecular weight excluding hydrogens is 258 g/mol. The summed E-state index contributed by atoms with van der Waals surface area (Å²) in [7, 11) is 0. The second-order valence-electron chi connectivity index (χ2n) is 3.89. The van der Waals surface area contributed by atoms with E-state index in [0.29, 0.717) is 5.56 Å². The number of carbonyl (C=O) groups is 1. The fourth-order valence-electron chi connectivity index (χ4n) is 1.84. The van der Waals surface area contributed by atoms with Gasteiger partial charge in [-0.05, 0) is 6.92 Å². The lowest BCUT2D eigenvalue weighted by Crippen LogP contribution is -2.25. The molecule has 1 atom stereocenters. The van der Waals surface area contributed by atoms with Gasteiger partial charge in [0, 0.05) is 41.2 Å². The zero-order valence-electron chi connectivity index (χ0n) is 10.5. The predicted molar refractivity (Wildman–Crippen MR) is 74.3 cm³/mol. The van der Waals surface area contributed by atoms with Gasteiger partial charge in [0.15, 0.2) is 0 Å². The maximum Gasteiger partial charge on any atom is 0.218 e. The molecule has 0 aliphatic heterocycles. The van der Waals surface area contributed by atoms with Gasteiger partial charge in [0.2, 0.25) is 5.91 Å². The number of rotatable bonds is 2. The quantitative estimate of drug-likeness (QED) is 0.851. The molecule has 5 heteroatoms. The molecule has 94 valence electrons. The van der Waals surface area contributed by atoms with Crippen LogP contribution in [-0.2, 0) is 4.79 Å². The van der Waals surface area contributed by atoms with Crippen molar-refractivity contribution in [3.63, 3.8) is 0 Å². The van der Waals surface area contributed by atoms with Gasteiger partial charge >= 0.3 is 0 Å². The van der Waals surface area contributed by atoms with Crippen molar-refractivity contribution >= 4 is 27.3 Å². The summed E-state index contributed by atoms with van der Waals surface area (Å²) in [6.07, 6.45) is 3.35. The first-order valence-corrected chi connectivity index (χ1v) is 6.50. The van der Waals surface area contributed by atoms with Crippen molar-refractivity contribution in [1.82, 2.24) is 10.3 Å². The molecule has 0 spiro atoms. The number of hydrogen-bond donors (Lipinski definition) is 1. The number of carbonyl (C=O) groups excluding carboxylic acids is 1. The molecule has 19 heavy (non-hydrogen) atoms. The van der Waals surface area contributed by atoms with E-state index in [1.54, 1.807) is 19.3 Å². The third-order valence-corrected chi connectivity index (χ3v) is 3.48. The lowest BCUT2D eigenvalue weighted by molar-refractivity contribution is -0.119. The van der Waals surface area contributed by atoms with Gasteiger partial charge in [-0.2, -0.15) is 5.26 Å². The molecule has 0 aliphatic rings. The van der Waals surface area contributed by atoms with E-state index in [2.05, 4.69) is 28.2 Å². The van der Waals surface area contributed by atoms with Crippen LogP contribution in [0.4, 0.5) is 0 Å². The Bertz CT molecular complexity index is 730. The highest BCUT2D eigenvalue weighted by molar-refractivity contribution is 7.17. The van der Waals surface area contributed by atoms with Crippen molar-refractivity contribution in [2.24, 2.45) is 0 Å². The minimum Gasteiger partial charge on any atom is -0.337 e. The van der Waals surface area contributed by atoms with Crippen LogP contribution in [0.15, 0.2) is 17.8 Å². The van der Waals surface area contributed by atoms with E-state index in [1.807, 2.05) is 5.38 Å². The van der Waals surface area contributed by atoms with E-state index in [9.17, 15) is 10.1 Å². The maximum atomic E-state index is 11.2. The SMILES string of the molecule is CC#Cc1csc2cncc(C(C#N)NC(C)=O)c12. The first kappa shape index (κ1) is 13.1. The molecule has 2 aromatic heterocycles. The summed E-state index contributed by atoms with van der Waals surface area (Å²) in [5.41, 5.74) is 1.56. The Morgan fingerprint density at radius 1 is 1.53 bits per heavy atom. The molecule has 0 radical (unpaired) electrons. The van der Waals surface area contributed by atoms with Crippen LogP contribution in [0.1, 0.15) is 31.0 Å². The van der Waals surface area contributed by atoms with Gasteiger partial charge in [0.05, 0.1) is 10.8 Å². The van der Waals surface area contributed by atoms with Crippen molar-refractivity contribution in [2.75, 3.05) is 0 Å². The van der Waals surface area contributed by atoms with Crippen LogP contribution in [0.2, 0.25) is 0 Å². The third-order valence-electron chi connectivity index (χ3n) is 2.56. The second kappa shape index (κ2) is 5.51. The molecular formula is C14H11N3OS. The van der Waals surface area contributed by atoms with Crippen molar-refractivity contribution in [3.05, 3.63) is 28.9 Å². The van der Waals surface area contributed by atoms with Gasteiger partial charge in [0.25, 0.3) is 0 Å². The summed E-state index contributed by atoms with van der Waals surface area (Å²) in [5.74, 6) is 5.62. The summed E-state index contributed by atoms with van der Waals surface area (Å²) in [4.78, 5) is 15.3. The highest BCUT2D eigenvalue weighted by Gasteiger charge is 2.17. The van der Waals surface area contributed by atoms with Crippen molar-refractivity contribution in [2.45, 2.75) is 19.9 Å². The Kier molecular flexibility index (Phi) is 3.79. The first-order chi connectivity index (χ1) is 9.17. The Morgan fingerprint density at radius 3 is 2.95 bits per heavy atom. The second-order valence-corrected chi connectivity index (χ2v) is 4.80. The van der Waals surface area contributed by atoms with Crippen molar-refractivity contribution < 1.29 is 4.79 Å². The smallest absolute Gasteiger partial charge is 0.218 e. The number of amides is 1. The van der Waals surface area contributed by atoms with Gasteiger partial charge < -0.3 is 5.32 Å². The molecule has 2 rings (SSSR count). The largest absolute Gasteiger partial charge is 0.337 e. The van der Waals surface area contributed by atoms with Crippen LogP contribution in [0.25, 0.3) is 10.1 Å². The number of pyridine rings is 1. The van der Waals surface area contributed by atoms with Crippen LogP contribution >= 0.6 is 11.3 Å². The Balaban J connectivity index is 2.64.